The lowest BCUT2D eigenvalue weighted by molar-refractivity contribution is -0.177. The third kappa shape index (κ3) is 2.90. The first kappa shape index (κ1) is 13.5. The van der Waals surface area contributed by atoms with E-state index in [1.807, 2.05) is 0 Å². The third-order valence-corrected chi connectivity index (χ3v) is 2.54. The summed E-state index contributed by atoms with van der Waals surface area (Å²) in [7, 11) is 0. The molecule has 1 aromatic heterocycles. The van der Waals surface area contributed by atoms with Gasteiger partial charge >= 0.3 is 6.18 Å². The second-order valence-corrected chi connectivity index (χ2v) is 4.15. The molecule has 1 heterocycles. The molecule has 102 valence electrons. The summed E-state index contributed by atoms with van der Waals surface area (Å²) in [5.74, 6) is 0.135. The molecule has 0 bridgehead atoms. The molecular weight excluding hydrogens is 259 g/mol. The van der Waals surface area contributed by atoms with E-state index in [0.29, 0.717) is 10.4 Å². The maximum absolute atomic E-state index is 12.9. The molecule has 0 aliphatic rings. The lowest BCUT2D eigenvalue weighted by atomic mass is 10.1. The van der Waals surface area contributed by atoms with Crippen LogP contribution in [0.25, 0.3) is 11.4 Å². The van der Waals surface area contributed by atoms with Crippen molar-refractivity contribution in [1.29, 1.82) is 0 Å². The topological polar surface area (TPSA) is 69.6 Å². The zero-order valence-corrected chi connectivity index (χ0v) is 10.0. The van der Waals surface area contributed by atoms with Crippen LogP contribution in [-0.2, 0) is 0 Å². The van der Waals surface area contributed by atoms with Crippen molar-refractivity contribution in [3.8, 4) is 11.4 Å². The zero-order chi connectivity index (χ0) is 14.0. The monoisotopic (exact) mass is 271 g/mol. The van der Waals surface area contributed by atoms with Gasteiger partial charge in [0, 0.05) is 11.6 Å². The van der Waals surface area contributed by atoms with Crippen molar-refractivity contribution in [2.24, 2.45) is 5.73 Å². The van der Waals surface area contributed by atoms with Crippen LogP contribution in [-0.4, -0.2) is 32.4 Å². The Hall–Kier alpha value is -1.96. The summed E-state index contributed by atoms with van der Waals surface area (Å²) in [6.07, 6.45) is -4.52. The van der Waals surface area contributed by atoms with Crippen LogP contribution in [0.2, 0.25) is 0 Å². The van der Waals surface area contributed by atoms with Gasteiger partial charge in [0.2, 0.25) is 5.82 Å². The number of nitrogens with two attached hydrogens (primary N) is 1. The van der Waals surface area contributed by atoms with Gasteiger partial charge in [-0.3, -0.25) is 0 Å². The van der Waals surface area contributed by atoms with E-state index in [0.717, 1.165) is 0 Å². The Morgan fingerprint density at radius 2 is 1.84 bits per heavy atom. The van der Waals surface area contributed by atoms with Crippen molar-refractivity contribution >= 4 is 0 Å². The van der Waals surface area contributed by atoms with Gasteiger partial charge in [0.15, 0.2) is 6.04 Å². The maximum atomic E-state index is 12.9. The molecule has 2 atom stereocenters. The Kier molecular flexibility index (Phi) is 3.52. The fourth-order valence-electron chi connectivity index (χ4n) is 1.69. The largest absolute Gasteiger partial charge is 0.414 e. The van der Waals surface area contributed by atoms with E-state index in [4.69, 9.17) is 5.73 Å². The lowest BCUT2D eigenvalue weighted by Crippen LogP contribution is -2.41. The first-order valence-corrected chi connectivity index (χ1v) is 5.57. The number of hydrogen-bond acceptors (Lipinski definition) is 4. The predicted molar refractivity (Wildman–Crippen MR) is 62.0 cm³/mol. The van der Waals surface area contributed by atoms with E-state index in [-0.39, 0.29) is 5.82 Å². The molecule has 0 radical (unpaired) electrons. The van der Waals surface area contributed by atoms with E-state index in [2.05, 4.69) is 15.4 Å². The molecule has 0 aliphatic carbocycles. The first-order chi connectivity index (χ1) is 8.89. The third-order valence-electron chi connectivity index (χ3n) is 2.54. The number of aromatic nitrogens is 4. The highest BCUT2D eigenvalue weighted by atomic mass is 19.4. The van der Waals surface area contributed by atoms with Crippen molar-refractivity contribution in [2.75, 3.05) is 0 Å². The molecule has 0 fully saturated rings. The van der Waals surface area contributed by atoms with E-state index in [9.17, 15) is 13.2 Å². The van der Waals surface area contributed by atoms with E-state index in [1.54, 1.807) is 30.3 Å². The number of hydrogen-bond donors (Lipinski definition) is 1. The van der Waals surface area contributed by atoms with Gasteiger partial charge in [-0.2, -0.15) is 13.2 Å². The molecular formula is C11H12F3N5. The summed E-state index contributed by atoms with van der Waals surface area (Å²) >= 11 is 0. The summed E-state index contributed by atoms with van der Waals surface area (Å²) in [5, 5.41) is 10.8. The second kappa shape index (κ2) is 4.96. The molecule has 0 amide bonds. The van der Waals surface area contributed by atoms with Crippen LogP contribution < -0.4 is 5.73 Å². The Bertz CT molecular complexity index is 535. The molecule has 8 heteroatoms. The Labute approximate surface area is 107 Å². The molecule has 2 N–H and O–H groups in total. The molecule has 2 unspecified atom stereocenters. The summed E-state index contributed by atoms with van der Waals surface area (Å²) in [6.45, 7) is 1.25. The molecule has 2 aromatic rings. The normalized spacial score (nSPS) is 15.2. The number of rotatable bonds is 3. The van der Waals surface area contributed by atoms with Gasteiger partial charge < -0.3 is 5.73 Å². The SMILES string of the molecule is CC(N)C(n1nnc(-c2ccccc2)n1)C(F)(F)F. The fraction of sp³-hybridized carbons (Fsp3) is 0.364. The fourth-order valence-corrected chi connectivity index (χ4v) is 1.69. The van der Waals surface area contributed by atoms with E-state index < -0.39 is 18.3 Å². The van der Waals surface area contributed by atoms with Crippen molar-refractivity contribution in [2.45, 2.75) is 25.2 Å². The molecule has 19 heavy (non-hydrogen) atoms. The minimum Gasteiger partial charge on any atom is -0.326 e. The number of alkyl halides is 3. The number of halogens is 3. The van der Waals surface area contributed by atoms with Crippen molar-refractivity contribution in [1.82, 2.24) is 20.2 Å². The average molecular weight is 271 g/mol. The quantitative estimate of drug-likeness (QED) is 0.924. The minimum atomic E-state index is -4.52. The summed E-state index contributed by atoms with van der Waals surface area (Å²) in [5.41, 5.74) is 5.95. The summed E-state index contributed by atoms with van der Waals surface area (Å²) < 4.78 is 38.6. The van der Waals surface area contributed by atoms with Gasteiger partial charge in [-0.1, -0.05) is 30.3 Å². The Morgan fingerprint density at radius 3 is 2.37 bits per heavy atom. The van der Waals surface area contributed by atoms with Gasteiger partial charge in [-0.05, 0) is 12.1 Å². The smallest absolute Gasteiger partial charge is 0.326 e. The number of tetrazole rings is 1. The van der Waals surface area contributed by atoms with Crippen molar-refractivity contribution in [3.05, 3.63) is 30.3 Å². The lowest BCUT2D eigenvalue weighted by Gasteiger charge is -2.21. The maximum Gasteiger partial charge on any atom is 0.414 e. The first-order valence-electron chi connectivity index (χ1n) is 5.57. The van der Waals surface area contributed by atoms with Gasteiger partial charge in [0.25, 0.3) is 0 Å². The van der Waals surface area contributed by atoms with Gasteiger partial charge in [0.05, 0.1) is 0 Å². The van der Waals surface area contributed by atoms with Gasteiger partial charge in [-0.15, -0.1) is 15.0 Å². The molecule has 0 saturated carbocycles. The highest BCUT2D eigenvalue weighted by Crippen LogP contribution is 2.31. The second-order valence-electron chi connectivity index (χ2n) is 4.15. The number of benzene rings is 1. The standard InChI is InChI=1S/C11H12F3N5/c1-7(15)9(11(12,13)14)19-17-10(16-18-19)8-5-3-2-4-6-8/h2-7,9H,15H2,1H3. The number of nitrogens with zero attached hydrogens (tertiary/aromatic N) is 4. The average Bonchev–Trinajstić information content (AvgIpc) is 2.77. The molecule has 0 spiro atoms. The van der Waals surface area contributed by atoms with Crippen LogP contribution >= 0.6 is 0 Å². The molecule has 5 nitrogen and oxygen atoms in total. The van der Waals surface area contributed by atoms with Crippen LogP contribution in [0.15, 0.2) is 30.3 Å². The van der Waals surface area contributed by atoms with Crippen LogP contribution in [0.4, 0.5) is 13.2 Å². The highest BCUT2D eigenvalue weighted by molar-refractivity contribution is 5.52. The molecule has 2 rings (SSSR count). The Morgan fingerprint density at radius 1 is 1.21 bits per heavy atom. The van der Waals surface area contributed by atoms with Crippen LogP contribution in [0, 0.1) is 0 Å². The van der Waals surface area contributed by atoms with E-state index >= 15 is 0 Å². The van der Waals surface area contributed by atoms with Crippen LogP contribution in [0.5, 0.6) is 0 Å². The summed E-state index contributed by atoms with van der Waals surface area (Å²) in [4.78, 5) is 0.521. The van der Waals surface area contributed by atoms with Gasteiger partial charge in [0.1, 0.15) is 0 Å². The van der Waals surface area contributed by atoms with Crippen molar-refractivity contribution < 1.29 is 13.2 Å². The highest BCUT2D eigenvalue weighted by Gasteiger charge is 2.45. The molecule has 0 saturated heterocycles. The van der Waals surface area contributed by atoms with Gasteiger partial charge in [-0.25, -0.2) is 0 Å². The minimum absolute atomic E-state index is 0.135. The zero-order valence-electron chi connectivity index (χ0n) is 10.0. The van der Waals surface area contributed by atoms with Crippen molar-refractivity contribution in [3.63, 3.8) is 0 Å². The summed E-state index contributed by atoms with van der Waals surface area (Å²) in [6, 6.07) is 5.49. The Balaban J connectivity index is 2.35. The van der Waals surface area contributed by atoms with E-state index in [1.165, 1.54) is 6.92 Å². The predicted octanol–water partition coefficient (Wildman–Crippen LogP) is 1.79. The van der Waals surface area contributed by atoms with Crippen LogP contribution in [0.3, 0.4) is 0 Å². The molecule has 0 aliphatic heterocycles. The van der Waals surface area contributed by atoms with Crippen LogP contribution in [0.1, 0.15) is 13.0 Å². The molecule has 1 aromatic carbocycles.